The molecule has 0 aromatic rings. The van der Waals surface area contributed by atoms with Crippen LogP contribution in [0.15, 0.2) is 107 Å². The summed E-state index contributed by atoms with van der Waals surface area (Å²) in [7, 11) is 0. The summed E-state index contributed by atoms with van der Waals surface area (Å²) in [5.41, 5.74) is 4.53. The predicted octanol–water partition coefficient (Wildman–Crippen LogP) is 9.02. The molecule has 0 spiro atoms. The van der Waals surface area contributed by atoms with Gasteiger partial charge in [-0.15, -0.1) is 0 Å². The molecular formula is C40H56O4. The second kappa shape index (κ2) is 14.1. The molecule has 240 valence electrons. The van der Waals surface area contributed by atoms with Crippen LogP contribution in [-0.4, -0.2) is 39.9 Å². The number of carbonyl (C=O) groups excluding carboxylic acids is 1. The Bertz CT molecular complexity index is 1360. The molecule has 0 radical (unpaired) electrons. The highest BCUT2D eigenvalue weighted by molar-refractivity contribution is 5.95. The normalized spacial score (nSPS) is 33.3. The Kier molecular flexibility index (Phi) is 11.4. The molecule has 44 heavy (non-hydrogen) atoms. The van der Waals surface area contributed by atoms with E-state index in [9.17, 15) is 15.0 Å². The summed E-state index contributed by atoms with van der Waals surface area (Å²) in [5.74, 6) is 0.0827. The van der Waals surface area contributed by atoms with Gasteiger partial charge >= 0.3 is 0 Å². The van der Waals surface area contributed by atoms with Crippen molar-refractivity contribution in [2.75, 3.05) is 0 Å². The molecule has 2 N–H and O–H groups in total. The van der Waals surface area contributed by atoms with Crippen molar-refractivity contribution in [1.29, 1.82) is 0 Å². The molecule has 3 rings (SSSR count). The Morgan fingerprint density at radius 3 is 1.80 bits per heavy atom. The third-order valence-corrected chi connectivity index (χ3v) is 10.0. The van der Waals surface area contributed by atoms with Gasteiger partial charge in [-0.3, -0.25) is 4.79 Å². The molecule has 0 unspecified atom stereocenters. The van der Waals surface area contributed by atoms with Gasteiger partial charge in [0.2, 0.25) is 0 Å². The molecule has 2 fully saturated rings. The van der Waals surface area contributed by atoms with E-state index in [1.165, 1.54) is 5.57 Å². The molecule has 0 saturated heterocycles. The van der Waals surface area contributed by atoms with Crippen molar-refractivity contribution < 1.29 is 19.7 Å². The second-order valence-electron chi connectivity index (χ2n) is 15.0. The number of aliphatic hydroxyl groups excluding tert-OH is 2. The standard InChI is InChI=1S/C40H56O4/c1-28(17-13-18-30(3)21-22-36(43)39(9)26-33(42)25-38(39,7)8)15-11-12-16-29(2)19-14-20-31(4)34-23-35-37(5,6)24-32(41)27-40(35,10)44-34/h11-23,32-34,41-42H,24-27H2,1-10H3/b12-11+,17-13+,19-14+,22-21+,28-15+,29-16+,30-18+,31-20+/t32-,33-,34-,39-,40+/m0/s1. The van der Waals surface area contributed by atoms with E-state index < -0.39 is 17.1 Å². The van der Waals surface area contributed by atoms with Crippen LogP contribution in [0.25, 0.3) is 0 Å². The monoisotopic (exact) mass is 600 g/mol. The van der Waals surface area contributed by atoms with Crippen LogP contribution in [0.5, 0.6) is 0 Å². The van der Waals surface area contributed by atoms with E-state index in [4.69, 9.17) is 4.74 Å². The van der Waals surface area contributed by atoms with Crippen molar-refractivity contribution in [2.45, 2.75) is 119 Å². The topological polar surface area (TPSA) is 66.8 Å². The zero-order valence-electron chi connectivity index (χ0n) is 28.8. The molecule has 2 saturated carbocycles. The number of ether oxygens (including phenoxy) is 1. The summed E-state index contributed by atoms with van der Waals surface area (Å²) < 4.78 is 6.45. The van der Waals surface area contributed by atoms with Gasteiger partial charge in [0.15, 0.2) is 5.78 Å². The zero-order valence-corrected chi connectivity index (χ0v) is 28.8. The number of aliphatic hydroxyl groups is 2. The lowest BCUT2D eigenvalue weighted by atomic mass is 9.65. The minimum Gasteiger partial charge on any atom is -0.393 e. The number of ketones is 1. The van der Waals surface area contributed by atoms with Crippen molar-refractivity contribution in [3.63, 3.8) is 0 Å². The molecule has 0 aromatic carbocycles. The lowest BCUT2D eigenvalue weighted by molar-refractivity contribution is -0.127. The zero-order chi connectivity index (χ0) is 32.9. The van der Waals surface area contributed by atoms with Gasteiger partial charge < -0.3 is 14.9 Å². The largest absolute Gasteiger partial charge is 0.393 e. The molecule has 0 bridgehead atoms. The molecule has 5 atom stereocenters. The molecule has 3 aliphatic rings. The Morgan fingerprint density at radius 2 is 1.23 bits per heavy atom. The van der Waals surface area contributed by atoms with Crippen LogP contribution in [0, 0.1) is 16.2 Å². The Hall–Kier alpha value is -2.79. The van der Waals surface area contributed by atoms with Crippen molar-refractivity contribution >= 4 is 5.78 Å². The molecule has 0 amide bonds. The van der Waals surface area contributed by atoms with Crippen LogP contribution in [0.4, 0.5) is 0 Å². The fraction of sp³-hybridized carbons (Fsp3) is 0.525. The first-order chi connectivity index (χ1) is 20.4. The maximum Gasteiger partial charge on any atom is 0.162 e. The highest BCUT2D eigenvalue weighted by Crippen LogP contribution is 2.53. The van der Waals surface area contributed by atoms with E-state index in [2.05, 4.69) is 91.8 Å². The van der Waals surface area contributed by atoms with Gasteiger partial charge in [-0.05, 0) is 88.0 Å². The summed E-state index contributed by atoms with van der Waals surface area (Å²) in [5, 5.41) is 20.5. The molecule has 4 nitrogen and oxygen atoms in total. The van der Waals surface area contributed by atoms with Crippen LogP contribution in [0.2, 0.25) is 0 Å². The van der Waals surface area contributed by atoms with E-state index >= 15 is 0 Å². The lowest BCUT2D eigenvalue weighted by Crippen LogP contribution is -2.45. The van der Waals surface area contributed by atoms with Crippen LogP contribution >= 0.6 is 0 Å². The van der Waals surface area contributed by atoms with E-state index in [0.29, 0.717) is 19.3 Å². The van der Waals surface area contributed by atoms with Gasteiger partial charge in [0.25, 0.3) is 0 Å². The van der Waals surface area contributed by atoms with Crippen molar-refractivity contribution in [3.05, 3.63) is 107 Å². The van der Waals surface area contributed by atoms with Gasteiger partial charge in [0, 0.05) is 11.8 Å². The van der Waals surface area contributed by atoms with Gasteiger partial charge in [0.1, 0.15) is 0 Å². The van der Waals surface area contributed by atoms with Gasteiger partial charge in [-0.2, -0.15) is 0 Å². The van der Waals surface area contributed by atoms with Crippen molar-refractivity contribution in [1.82, 2.24) is 0 Å². The molecular weight excluding hydrogens is 544 g/mol. The molecule has 4 heteroatoms. The molecule has 1 heterocycles. The maximum absolute atomic E-state index is 12.9. The van der Waals surface area contributed by atoms with E-state index in [0.717, 1.165) is 28.7 Å². The smallest absolute Gasteiger partial charge is 0.162 e. The van der Waals surface area contributed by atoms with Crippen LogP contribution in [-0.2, 0) is 9.53 Å². The number of hydrogen-bond donors (Lipinski definition) is 2. The van der Waals surface area contributed by atoms with Gasteiger partial charge in [-0.25, -0.2) is 0 Å². The Labute approximate surface area is 267 Å². The van der Waals surface area contributed by atoms with Crippen molar-refractivity contribution in [3.8, 4) is 0 Å². The molecule has 0 aromatic heterocycles. The third-order valence-electron chi connectivity index (χ3n) is 10.0. The predicted molar refractivity (Wildman–Crippen MR) is 184 cm³/mol. The highest BCUT2D eigenvalue weighted by Gasteiger charge is 2.53. The lowest BCUT2D eigenvalue weighted by Gasteiger charge is -2.44. The maximum atomic E-state index is 12.9. The van der Waals surface area contributed by atoms with Crippen LogP contribution < -0.4 is 0 Å². The number of carbonyl (C=O) groups is 1. The SMILES string of the molecule is CC(/C=C/C=C(C)/C=C/C(=O)[C@]1(C)C[C@@H](O)CC1(C)C)=C\C=C\C=C(C)\C=C\C=C(/C)[C@@H]1C=C2C(C)(C)C[C@H](O)C[C@@]2(C)O1. The number of hydrogen-bond acceptors (Lipinski definition) is 4. The summed E-state index contributed by atoms with van der Waals surface area (Å²) in [4.78, 5) is 12.9. The highest BCUT2D eigenvalue weighted by atomic mass is 16.5. The van der Waals surface area contributed by atoms with Gasteiger partial charge in [0.05, 0.1) is 23.9 Å². The average Bonchev–Trinajstić information content (AvgIpc) is 3.37. The van der Waals surface area contributed by atoms with E-state index in [1.807, 2.05) is 50.3 Å². The second-order valence-corrected chi connectivity index (χ2v) is 15.0. The van der Waals surface area contributed by atoms with Gasteiger partial charge in [-0.1, -0.05) is 118 Å². The third kappa shape index (κ3) is 8.68. The quantitative estimate of drug-likeness (QED) is 0.149. The number of allylic oxidation sites excluding steroid dienone is 15. The summed E-state index contributed by atoms with van der Waals surface area (Å²) in [6.07, 6.45) is 28.1. The number of rotatable bonds is 10. The number of fused-ring (bicyclic) bond motifs is 1. The average molecular weight is 601 g/mol. The first-order valence-corrected chi connectivity index (χ1v) is 16.1. The first-order valence-electron chi connectivity index (χ1n) is 16.1. The summed E-state index contributed by atoms with van der Waals surface area (Å²) >= 11 is 0. The molecule has 2 aliphatic carbocycles. The first kappa shape index (κ1) is 35.7. The summed E-state index contributed by atoms with van der Waals surface area (Å²) in [6.45, 7) is 20.9. The van der Waals surface area contributed by atoms with Crippen LogP contribution in [0.1, 0.15) is 94.9 Å². The van der Waals surface area contributed by atoms with E-state index in [-0.39, 0.29) is 28.8 Å². The van der Waals surface area contributed by atoms with Crippen molar-refractivity contribution in [2.24, 2.45) is 16.2 Å². The minimum atomic E-state index is -0.535. The van der Waals surface area contributed by atoms with Crippen LogP contribution in [0.3, 0.4) is 0 Å². The molecule has 1 aliphatic heterocycles. The van der Waals surface area contributed by atoms with E-state index in [1.54, 1.807) is 6.08 Å². The Morgan fingerprint density at radius 1 is 0.705 bits per heavy atom. The summed E-state index contributed by atoms with van der Waals surface area (Å²) in [6, 6.07) is 0. The fourth-order valence-electron chi connectivity index (χ4n) is 7.09. The fourth-order valence-corrected chi connectivity index (χ4v) is 7.09. The minimum absolute atomic E-state index is 0.0579. The Balaban J connectivity index is 1.51.